The second-order valence-corrected chi connectivity index (χ2v) is 6.20. The van der Waals surface area contributed by atoms with Crippen LogP contribution in [0.15, 0.2) is 23.0 Å². The number of nitrogens with zero attached hydrogens (tertiary/aromatic N) is 1. The first-order valence-electron chi connectivity index (χ1n) is 8.07. The molecular formula is C16H20N4O3. The van der Waals surface area contributed by atoms with Gasteiger partial charge in [0.05, 0.1) is 11.0 Å². The Morgan fingerprint density at radius 3 is 2.70 bits per heavy atom. The van der Waals surface area contributed by atoms with Gasteiger partial charge in [-0.25, -0.2) is 4.79 Å². The molecule has 0 saturated carbocycles. The van der Waals surface area contributed by atoms with Gasteiger partial charge in [0.1, 0.15) is 6.04 Å². The number of fused-ring (bicyclic) bond motifs is 1. The molecule has 2 aliphatic heterocycles. The Balaban J connectivity index is 1.47. The fourth-order valence-electron chi connectivity index (χ4n) is 3.52. The third-order valence-corrected chi connectivity index (χ3v) is 4.73. The Kier molecular flexibility index (Phi) is 3.57. The van der Waals surface area contributed by atoms with Crippen LogP contribution in [0.5, 0.6) is 0 Å². The standard InChI is InChI=1S/C16H20N4O3/c21-15-13(3-6-20(15)11-4-7-23-8-5-11)17-10-1-2-12-14(9-10)19-16(22)18-12/h1-2,9,11,13,17H,3-8H2,(H2,18,19,22). The number of hydrogen-bond acceptors (Lipinski definition) is 4. The normalized spacial score (nSPS) is 22.9. The Bertz CT molecular complexity index is 775. The first kappa shape index (κ1) is 14.3. The van der Waals surface area contributed by atoms with Gasteiger partial charge in [0.25, 0.3) is 0 Å². The summed E-state index contributed by atoms with van der Waals surface area (Å²) in [5.41, 5.74) is 2.13. The first-order chi connectivity index (χ1) is 11.2. The Morgan fingerprint density at radius 2 is 1.87 bits per heavy atom. The predicted molar refractivity (Wildman–Crippen MR) is 86.5 cm³/mol. The van der Waals surface area contributed by atoms with Gasteiger partial charge in [-0.3, -0.25) is 4.79 Å². The molecule has 1 unspecified atom stereocenters. The molecule has 1 aromatic carbocycles. The lowest BCUT2D eigenvalue weighted by atomic mass is 10.1. The SMILES string of the molecule is O=C1C(Nc2ccc3[nH]c(=O)[nH]c3c2)CCN1C1CCOCC1. The molecule has 2 saturated heterocycles. The third kappa shape index (κ3) is 2.72. The minimum atomic E-state index is -0.222. The predicted octanol–water partition coefficient (Wildman–Crippen LogP) is 1.05. The highest BCUT2D eigenvalue weighted by Gasteiger charge is 2.36. The van der Waals surface area contributed by atoms with E-state index in [0.717, 1.165) is 55.7 Å². The lowest BCUT2D eigenvalue weighted by Crippen LogP contribution is -2.43. The van der Waals surface area contributed by atoms with Crippen LogP contribution in [0, 0.1) is 0 Å². The molecule has 3 heterocycles. The van der Waals surface area contributed by atoms with Crippen LogP contribution in [0.1, 0.15) is 19.3 Å². The van der Waals surface area contributed by atoms with Crippen molar-refractivity contribution in [2.24, 2.45) is 0 Å². The van der Waals surface area contributed by atoms with Crippen LogP contribution in [0.3, 0.4) is 0 Å². The van der Waals surface area contributed by atoms with Gasteiger partial charge in [-0.15, -0.1) is 0 Å². The van der Waals surface area contributed by atoms with Crippen molar-refractivity contribution in [1.29, 1.82) is 0 Å². The van der Waals surface area contributed by atoms with E-state index < -0.39 is 0 Å². The van der Waals surface area contributed by atoms with Gasteiger partial charge in [-0.2, -0.15) is 0 Å². The second-order valence-electron chi connectivity index (χ2n) is 6.20. The summed E-state index contributed by atoms with van der Waals surface area (Å²) in [6.07, 6.45) is 2.65. The number of anilines is 1. The Morgan fingerprint density at radius 1 is 1.09 bits per heavy atom. The lowest BCUT2D eigenvalue weighted by molar-refractivity contribution is -0.131. The van der Waals surface area contributed by atoms with Crippen molar-refractivity contribution in [3.8, 4) is 0 Å². The number of ether oxygens (including phenoxy) is 1. The van der Waals surface area contributed by atoms with E-state index in [1.54, 1.807) is 0 Å². The minimum Gasteiger partial charge on any atom is -0.381 e. The van der Waals surface area contributed by atoms with Crippen molar-refractivity contribution >= 4 is 22.6 Å². The van der Waals surface area contributed by atoms with Crippen LogP contribution >= 0.6 is 0 Å². The highest BCUT2D eigenvalue weighted by atomic mass is 16.5. The Labute approximate surface area is 133 Å². The number of amides is 1. The van der Waals surface area contributed by atoms with Crippen molar-refractivity contribution in [3.63, 3.8) is 0 Å². The van der Waals surface area contributed by atoms with Crippen molar-refractivity contribution in [2.45, 2.75) is 31.3 Å². The van der Waals surface area contributed by atoms with E-state index in [0.29, 0.717) is 6.04 Å². The molecule has 7 nitrogen and oxygen atoms in total. The maximum atomic E-state index is 12.6. The van der Waals surface area contributed by atoms with E-state index in [1.165, 1.54) is 0 Å². The molecule has 0 spiro atoms. The fraction of sp³-hybridized carbons (Fsp3) is 0.500. The first-order valence-corrected chi connectivity index (χ1v) is 8.07. The number of imidazole rings is 1. The van der Waals surface area contributed by atoms with Crippen LogP contribution < -0.4 is 11.0 Å². The topological polar surface area (TPSA) is 90.2 Å². The number of likely N-dealkylation sites (tertiary alicyclic amines) is 1. The molecule has 0 bridgehead atoms. The van der Waals surface area contributed by atoms with Gasteiger partial charge in [0.15, 0.2) is 0 Å². The van der Waals surface area contributed by atoms with Crippen LogP contribution in [0.25, 0.3) is 11.0 Å². The second kappa shape index (κ2) is 5.73. The average Bonchev–Trinajstić information content (AvgIpc) is 3.10. The highest BCUT2D eigenvalue weighted by Crippen LogP contribution is 2.24. The monoisotopic (exact) mass is 316 g/mol. The van der Waals surface area contributed by atoms with Crippen molar-refractivity contribution < 1.29 is 9.53 Å². The molecule has 1 atom stereocenters. The highest BCUT2D eigenvalue weighted by molar-refractivity contribution is 5.88. The van der Waals surface area contributed by atoms with Crippen LogP contribution in [-0.4, -0.2) is 52.6 Å². The Hall–Kier alpha value is -2.28. The molecule has 122 valence electrons. The number of hydrogen-bond donors (Lipinski definition) is 3. The van der Waals surface area contributed by atoms with Crippen molar-refractivity contribution in [2.75, 3.05) is 25.1 Å². The van der Waals surface area contributed by atoms with E-state index in [2.05, 4.69) is 15.3 Å². The summed E-state index contributed by atoms with van der Waals surface area (Å²) in [5, 5.41) is 3.30. The summed E-state index contributed by atoms with van der Waals surface area (Å²) < 4.78 is 5.37. The van der Waals surface area contributed by atoms with E-state index in [4.69, 9.17) is 4.74 Å². The zero-order valence-electron chi connectivity index (χ0n) is 12.8. The summed E-state index contributed by atoms with van der Waals surface area (Å²) in [6, 6.07) is 5.70. The molecule has 0 radical (unpaired) electrons. The van der Waals surface area contributed by atoms with E-state index in [-0.39, 0.29) is 17.6 Å². The molecule has 1 amide bonds. The number of aromatic nitrogens is 2. The molecule has 1 aromatic heterocycles. The summed E-state index contributed by atoms with van der Waals surface area (Å²) in [6.45, 7) is 2.28. The zero-order chi connectivity index (χ0) is 15.8. The largest absolute Gasteiger partial charge is 0.381 e. The third-order valence-electron chi connectivity index (χ3n) is 4.73. The molecule has 2 aliphatic rings. The van der Waals surface area contributed by atoms with Crippen LogP contribution in [-0.2, 0) is 9.53 Å². The van der Waals surface area contributed by atoms with Gasteiger partial charge in [0, 0.05) is 31.5 Å². The number of H-pyrrole nitrogens is 2. The number of carbonyl (C=O) groups excluding carboxylic acids is 1. The van der Waals surface area contributed by atoms with Crippen molar-refractivity contribution in [1.82, 2.24) is 14.9 Å². The van der Waals surface area contributed by atoms with E-state index in [9.17, 15) is 9.59 Å². The number of carbonyl (C=O) groups is 1. The molecule has 4 rings (SSSR count). The fourth-order valence-corrected chi connectivity index (χ4v) is 3.52. The zero-order valence-corrected chi connectivity index (χ0v) is 12.8. The molecule has 2 aromatic rings. The number of benzene rings is 1. The smallest absolute Gasteiger partial charge is 0.323 e. The number of nitrogens with one attached hydrogen (secondary N) is 3. The van der Waals surface area contributed by atoms with E-state index >= 15 is 0 Å². The molecule has 2 fully saturated rings. The summed E-state index contributed by atoms with van der Waals surface area (Å²) in [4.78, 5) is 31.4. The van der Waals surface area contributed by atoms with Gasteiger partial charge in [0.2, 0.25) is 5.91 Å². The molecule has 0 aliphatic carbocycles. The molecule has 23 heavy (non-hydrogen) atoms. The van der Waals surface area contributed by atoms with Gasteiger partial charge in [-0.05, 0) is 37.5 Å². The molecular weight excluding hydrogens is 296 g/mol. The number of aromatic amines is 2. The van der Waals surface area contributed by atoms with Crippen LogP contribution in [0.4, 0.5) is 5.69 Å². The maximum absolute atomic E-state index is 12.6. The van der Waals surface area contributed by atoms with E-state index in [1.807, 2.05) is 23.1 Å². The van der Waals surface area contributed by atoms with Gasteiger partial charge >= 0.3 is 5.69 Å². The van der Waals surface area contributed by atoms with Gasteiger partial charge < -0.3 is 24.9 Å². The maximum Gasteiger partial charge on any atom is 0.323 e. The molecule has 7 heteroatoms. The summed E-state index contributed by atoms with van der Waals surface area (Å²) in [5.74, 6) is 0.166. The lowest BCUT2D eigenvalue weighted by Gasteiger charge is -2.31. The quantitative estimate of drug-likeness (QED) is 0.789. The number of rotatable bonds is 3. The summed E-state index contributed by atoms with van der Waals surface area (Å²) >= 11 is 0. The minimum absolute atomic E-state index is 0.166. The summed E-state index contributed by atoms with van der Waals surface area (Å²) in [7, 11) is 0. The van der Waals surface area contributed by atoms with Gasteiger partial charge in [-0.1, -0.05) is 0 Å². The average molecular weight is 316 g/mol. The van der Waals surface area contributed by atoms with Crippen molar-refractivity contribution in [3.05, 3.63) is 28.7 Å². The van der Waals surface area contributed by atoms with Crippen LogP contribution in [0.2, 0.25) is 0 Å². The molecule has 3 N–H and O–H groups in total.